The smallest absolute Gasteiger partial charge is 0.348 e. The number of thiophene rings is 1. The van der Waals surface area contributed by atoms with Crippen molar-refractivity contribution < 1.29 is 9.53 Å². The summed E-state index contributed by atoms with van der Waals surface area (Å²) in [5.41, 5.74) is 4.63. The number of ether oxygens (including phenoxy) is 1. The quantitative estimate of drug-likeness (QED) is 0.289. The number of rotatable bonds is 5. The van der Waals surface area contributed by atoms with Gasteiger partial charge < -0.3 is 9.30 Å². The topological polar surface area (TPSA) is 55.0 Å². The Balaban J connectivity index is 1.90. The molecule has 2 aromatic heterocycles. The lowest BCUT2D eigenvalue weighted by Gasteiger charge is -2.11. The van der Waals surface area contributed by atoms with E-state index in [2.05, 4.69) is 47.2 Å². The summed E-state index contributed by atoms with van der Waals surface area (Å²) in [6.07, 6.45) is 2.06. The summed E-state index contributed by atoms with van der Waals surface area (Å²) in [4.78, 5) is 14.0. The van der Waals surface area contributed by atoms with Crippen molar-refractivity contribution >= 4 is 39.3 Å². The Bertz CT molecular complexity index is 1210. The number of thioether (sulfide) groups is 1. The number of carbonyl (C=O) groups is 1. The molecule has 0 aliphatic heterocycles. The molecule has 29 heavy (non-hydrogen) atoms. The molecular weight excluding hydrogens is 400 g/mol. The second kappa shape index (κ2) is 8.16. The van der Waals surface area contributed by atoms with Crippen LogP contribution >= 0.6 is 23.1 Å². The summed E-state index contributed by atoms with van der Waals surface area (Å²) in [7, 11) is 0. The lowest BCUT2D eigenvalue weighted by molar-refractivity contribution is 0.0532. The van der Waals surface area contributed by atoms with Gasteiger partial charge >= 0.3 is 5.97 Å². The van der Waals surface area contributed by atoms with E-state index in [1.165, 1.54) is 16.2 Å². The summed E-state index contributed by atoms with van der Waals surface area (Å²) in [5.74, 6) is -0.300. The lowest BCUT2D eigenvalue weighted by Crippen LogP contribution is -2.02. The second-order valence-electron chi connectivity index (χ2n) is 6.33. The number of carbonyl (C=O) groups excluding carboxylic acids is 1. The zero-order chi connectivity index (χ0) is 20.4. The van der Waals surface area contributed by atoms with Crippen molar-refractivity contribution in [3.8, 4) is 23.0 Å². The van der Waals surface area contributed by atoms with Gasteiger partial charge in [-0.25, -0.2) is 4.79 Å². The van der Waals surface area contributed by atoms with E-state index in [1.807, 2.05) is 18.2 Å². The van der Waals surface area contributed by atoms with Gasteiger partial charge in [-0.3, -0.25) is 0 Å². The van der Waals surface area contributed by atoms with Gasteiger partial charge in [-0.1, -0.05) is 12.1 Å². The first-order valence-electron chi connectivity index (χ1n) is 9.12. The van der Waals surface area contributed by atoms with Crippen molar-refractivity contribution in [1.29, 1.82) is 5.26 Å². The standard InChI is InChI=1S/C23H18N2O2S2/c1-3-27-23(26)22-13-20-21(29-22)12-19(16-6-10-18(28-2)11-7-16)25(20)17-8-4-15(14-24)5-9-17/h4-13H,3H2,1-2H3. The predicted molar refractivity (Wildman–Crippen MR) is 119 cm³/mol. The molecule has 0 saturated carbocycles. The van der Waals surface area contributed by atoms with E-state index in [9.17, 15) is 4.79 Å². The molecule has 0 radical (unpaired) electrons. The Labute approximate surface area is 177 Å². The summed E-state index contributed by atoms with van der Waals surface area (Å²) in [6, 6.07) is 22.0. The van der Waals surface area contributed by atoms with Gasteiger partial charge in [-0.05, 0) is 67.3 Å². The maximum Gasteiger partial charge on any atom is 0.348 e. The Morgan fingerprint density at radius 2 is 1.86 bits per heavy atom. The van der Waals surface area contributed by atoms with Gasteiger partial charge in [0, 0.05) is 10.6 Å². The Hall–Kier alpha value is -3.01. The monoisotopic (exact) mass is 418 g/mol. The van der Waals surface area contributed by atoms with Crippen LogP contribution in [0.5, 0.6) is 0 Å². The number of hydrogen-bond donors (Lipinski definition) is 0. The molecule has 0 bridgehead atoms. The minimum absolute atomic E-state index is 0.300. The molecule has 0 spiro atoms. The molecule has 4 nitrogen and oxygen atoms in total. The van der Waals surface area contributed by atoms with E-state index in [1.54, 1.807) is 30.8 Å². The fourth-order valence-corrected chi connectivity index (χ4v) is 4.62. The molecule has 0 atom stereocenters. The van der Waals surface area contributed by atoms with E-state index in [0.717, 1.165) is 27.2 Å². The maximum atomic E-state index is 12.2. The first kappa shape index (κ1) is 19.3. The van der Waals surface area contributed by atoms with Gasteiger partial charge in [0.2, 0.25) is 0 Å². The van der Waals surface area contributed by atoms with Gasteiger partial charge in [-0.15, -0.1) is 23.1 Å². The lowest BCUT2D eigenvalue weighted by atomic mass is 10.1. The van der Waals surface area contributed by atoms with Crippen LogP contribution < -0.4 is 0 Å². The van der Waals surface area contributed by atoms with E-state index < -0.39 is 0 Å². The minimum atomic E-state index is -0.300. The molecule has 4 rings (SSSR count). The van der Waals surface area contributed by atoms with Gasteiger partial charge in [0.25, 0.3) is 0 Å². The molecule has 0 aliphatic carbocycles. The first-order valence-corrected chi connectivity index (χ1v) is 11.2. The second-order valence-corrected chi connectivity index (χ2v) is 8.30. The normalized spacial score (nSPS) is 10.8. The van der Waals surface area contributed by atoms with Crippen molar-refractivity contribution in [1.82, 2.24) is 4.57 Å². The molecule has 2 heterocycles. The molecular formula is C23H18N2O2S2. The number of esters is 1. The third kappa shape index (κ3) is 3.67. The van der Waals surface area contributed by atoms with Crippen LogP contribution in [0, 0.1) is 11.3 Å². The highest BCUT2D eigenvalue weighted by molar-refractivity contribution is 7.98. The number of nitrogens with zero attached hydrogens (tertiary/aromatic N) is 2. The Kier molecular flexibility index (Phi) is 5.43. The molecule has 0 fully saturated rings. The zero-order valence-corrected chi connectivity index (χ0v) is 17.6. The predicted octanol–water partition coefficient (Wildman–Crippen LogP) is 6.13. The van der Waals surface area contributed by atoms with Crippen LogP contribution in [0.4, 0.5) is 0 Å². The molecule has 6 heteroatoms. The molecule has 0 saturated heterocycles. The highest BCUT2D eigenvalue weighted by Crippen LogP contribution is 2.37. The molecule has 2 aromatic carbocycles. The van der Waals surface area contributed by atoms with Crippen LogP contribution in [-0.4, -0.2) is 23.4 Å². The number of fused-ring (bicyclic) bond motifs is 1. The van der Waals surface area contributed by atoms with E-state index >= 15 is 0 Å². The SMILES string of the molecule is CCOC(=O)c1cc2c(cc(-c3ccc(SC)cc3)n2-c2ccc(C#N)cc2)s1. The van der Waals surface area contributed by atoms with E-state index in [-0.39, 0.29) is 5.97 Å². The number of nitriles is 1. The molecule has 0 aliphatic rings. The third-order valence-electron chi connectivity index (χ3n) is 4.61. The number of aromatic nitrogens is 1. The molecule has 0 amide bonds. The Morgan fingerprint density at radius 1 is 1.14 bits per heavy atom. The van der Waals surface area contributed by atoms with Crippen LogP contribution in [0.25, 0.3) is 27.2 Å². The van der Waals surface area contributed by atoms with Crippen molar-refractivity contribution in [3.63, 3.8) is 0 Å². The summed E-state index contributed by atoms with van der Waals surface area (Å²) < 4.78 is 8.31. The van der Waals surface area contributed by atoms with Crippen molar-refractivity contribution in [3.05, 3.63) is 71.1 Å². The van der Waals surface area contributed by atoms with Crippen LogP contribution in [0.3, 0.4) is 0 Å². The maximum absolute atomic E-state index is 12.2. The van der Waals surface area contributed by atoms with Gasteiger partial charge in [0.1, 0.15) is 4.88 Å². The van der Waals surface area contributed by atoms with Crippen molar-refractivity contribution in [2.45, 2.75) is 11.8 Å². The van der Waals surface area contributed by atoms with Gasteiger partial charge in [-0.2, -0.15) is 5.26 Å². The summed E-state index contributed by atoms with van der Waals surface area (Å²) in [5, 5.41) is 9.12. The molecule has 144 valence electrons. The van der Waals surface area contributed by atoms with Crippen LogP contribution in [0.2, 0.25) is 0 Å². The summed E-state index contributed by atoms with van der Waals surface area (Å²) in [6.45, 7) is 2.15. The molecule has 4 aromatic rings. The van der Waals surface area contributed by atoms with Crippen molar-refractivity contribution in [2.75, 3.05) is 12.9 Å². The van der Waals surface area contributed by atoms with Crippen LogP contribution in [0.15, 0.2) is 65.6 Å². The fraction of sp³-hybridized carbons (Fsp3) is 0.130. The van der Waals surface area contributed by atoms with Gasteiger partial charge in [0.15, 0.2) is 0 Å². The Morgan fingerprint density at radius 3 is 2.48 bits per heavy atom. The largest absolute Gasteiger partial charge is 0.462 e. The van der Waals surface area contributed by atoms with Crippen LogP contribution in [0.1, 0.15) is 22.2 Å². The van der Waals surface area contributed by atoms with Crippen LogP contribution in [-0.2, 0) is 4.74 Å². The zero-order valence-electron chi connectivity index (χ0n) is 16.0. The van der Waals surface area contributed by atoms with E-state index in [4.69, 9.17) is 10.00 Å². The molecule has 0 N–H and O–H groups in total. The minimum Gasteiger partial charge on any atom is -0.462 e. The highest BCUT2D eigenvalue weighted by Gasteiger charge is 2.19. The third-order valence-corrected chi connectivity index (χ3v) is 6.40. The molecule has 0 unspecified atom stereocenters. The average molecular weight is 419 g/mol. The highest BCUT2D eigenvalue weighted by atomic mass is 32.2. The van der Waals surface area contributed by atoms with E-state index in [0.29, 0.717) is 17.0 Å². The first-order chi connectivity index (χ1) is 14.1. The fourth-order valence-electron chi connectivity index (χ4n) is 3.23. The number of benzene rings is 2. The van der Waals surface area contributed by atoms with Gasteiger partial charge in [0.05, 0.1) is 34.2 Å². The van der Waals surface area contributed by atoms with Crippen molar-refractivity contribution in [2.24, 2.45) is 0 Å². The summed E-state index contributed by atoms with van der Waals surface area (Å²) >= 11 is 3.14. The number of hydrogen-bond acceptors (Lipinski definition) is 5. The average Bonchev–Trinajstić information content (AvgIpc) is 3.32.